The third-order valence-corrected chi connectivity index (χ3v) is 7.38. The molecule has 7 nitrogen and oxygen atoms in total. The van der Waals surface area contributed by atoms with E-state index in [1.807, 2.05) is 0 Å². The van der Waals surface area contributed by atoms with Crippen molar-refractivity contribution in [3.63, 3.8) is 0 Å². The van der Waals surface area contributed by atoms with Gasteiger partial charge in [-0.1, -0.05) is 11.6 Å². The summed E-state index contributed by atoms with van der Waals surface area (Å²) >= 11 is 6.40. The van der Waals surface area contributed by atoms with Gasteiger partial charge in [-0.15, -0.1) is 0 Å². The maximum absolute atomic E-state index is 13.3. The van der Waals surface area contributed by atoms with E-state index in [4.69, 9.17) is 21.1 Å². The summed E-state index contributed by atoms with van der Waals surface area (Å²) in [6.07, 6.45) is 1.82. The molecule has 0 amide bonds. The number of hydrogen-bond acceptors (Lipinski definition) is 6. The zero-order chi connectivity index (χ0) is 26.6. The van der Waals surface area contributed by atoms with Crippen LogP contribution in [0.2, 0.25) is 5.02 Å². The second-order valence-corrected chi connectivity index (χ2v) is 9.75. The van der Waals surface area contributed by atoms with Crippen LogP contribution in [0, 0.1) is 17.0 Å². The van der Waals surface area contributed by atoms with Crippen molar-refractivity contribution in [2.75, 3.05) is 33.4 Å². The van der Waals surface area contributed by atoms with Crippen molar-refractivity contribution in [1.82, 2.24) is 9.88 Å². The van der Waals surface area contributed by atoms with Gasteiger partial charge in [-0.2, -0.15) is 0 Å². The molecule has 2 aromatic carbocycles. The quantitative estimate of drug-likeness (QED) is 0.368. The van der Waals surface area contributed by atoms with Crippen molar-refractivity contribution in [3.8, 4) is 11.5 Å². The number of piperidine rings is 1. The van der Waals surface area contributed by atoms with E-state index in [2.05, 4.69) is 9.88 Å². The summed E-state index contributed by atoms with van der Waals surface area (Å²) in [6, 6.07) is 8.33. The first-order valence-corrected chi connectivity index (χ1v) is 12.4. The summed E-state index contributed by atoms with van der Waals surface area (Å²) < 4.78 is 37.4. The van der Waals surface area contributed by atoms with Crippen LogP contribution in [0.15, 0.2) is 42.6 Å². The number of halogens is 3. The number of aliphatic hydroxyl groups is 1. The van der Waals surface area contributed by atoms with Gasteiger partial charge >= 0.3 is 5.97 Å². The molecule has 1 aliphatic rings. The van der Waals surface area contributed by atoms with E-state index < -0.39 is 29.1 Å². The Balaban J connectivity index is 1.37. The largest absolute Gasteiger partial charge is 0.497 e. The van der Waals surface area contributed by atoms with E-state index in [9.17, 15) is 23.8 Å². The number of fused-ring (bicyclic) bond motifs is 1. The van der Waals surface area contributed by atoms with Crippen molar-refractivity contribution >= 4 is 28.5 Å². The molecule has 0 unspecified atom stereocenters. The number of carboxylic acid groups (broad SMARTS) is 1. The number of benzene rings is 2. The lowest BCUT2D eigenvalue weighted by Gasteiger charge is -2.39. The Morgan fingerprint density at radius 1 is 1.16 bits per heavy atom. The fraction of sp³-hybridized carbons (Fsp3) is 0.407. The van der Waals surface area contributed by atoms with E-state index in [0.29, 0.717) is 59.7 Å². The molecule has 1 aromatic heterocycles. The van der Waals surface area contributed by atoms with Gasteiger partial charge in [0.2, 0.25) is 0 Å². The van der Waals surface area contributed by atoms with E-state index in [1.54, 1.807) is 25.3 Å². The average Bonchev–Trinajstić information content (AvgIpc) is 2.87. The second kappa shape index (κ2) is 11.6. The van der Waals surface area contributed by atoms with E-state index in [0.717, 1.165) is 18.2 Å². The van der Waals surface area contributed by atoms with Crippen LogP contribution in [0.25, 0.3) is 10.9 Å². The SMILES string of the molecule is COc1ccc2ncc(Cl)c([C@H](O)CCC3(C(=O)O)CCN(CCOc4cc(F)cc(F)c4)CC3)c2c1. The average molecular weight is 535 g/mol. The van der Waals surface area contributed by atoms with Crippen LogP contribution in [0.1, 0.15) is 37.4 Å². The van der Waals surface area contributed by atoms with Gasteiger partial charge in [-0.05, 0) is 57.0 Å². The highest BCUT2D eigenvalue weighted by Gasteiger charge is 2.41. The Hall–Kier alpha value is -3.01. The minimum atomic E-state index is -0.975. The summed E-state index contributed by atoms with van der Waals surface area (Å²) in [5, 5.41) is 22.1. The number of nitrogens with zero attached hydrogens (tertiary/aromatic N) is 2. The van der Waals surface area contributed by atoms with Crippen LogP contribution in [0.4, 0.5) is 8.78 Å². The molecular formula is C27H29ClF2N2O5. The van der Waals surface area contributed by atoms with Gasteiger partial charge in [-0.3, -0.25) is 14.7 Å². The molecule has 4 rings (SSSR count). The molecule has 10 heteroatoms. The number of hydrogen-bond donors (Lipinski definition) is 2. The predicted molar refractivity (Wildman–Crippen MR) is 135 cm³/mol. The Morgan fingerprint density at radius 2 is 1.86 bits per heavy atom. The van der Waals surface area contributed by atoms with E-state index >= 15 is 0 Å². The predicted octanol–water partition coefficient (Wildman–Crippen LogP) is 5.23. The Labute approximate surface area is 218 Å². The number of rotatable bonds is 10. The van der Waals surface area contributed by atoms with Crippen molar-refractivity contribution < 1.29 is 33.3 Å². The van der Waals surface area contributed by atoms with Gasteiger partial charge in [0.1, 0.15) is 29.7 Å². The second-order valence-electron chi connectivity index (χ2n) is 9.34. The lowest BCUT2D eigenvalue weighted by atomic mass is 9.74. The molecule has 3 aromatic rings. The topological polar surface area (TPSA) is 92.1 Å². The number of methoxy groups -OCH3 is 1. The molecule has 2 heterocycles. The third-order valence-electron chi connectivity index (χ3n) is 7.08. The molecule has 0 aliphatic carbocycles. The highest BCUT2D eigenvalue weighted by atomic mass is 35.5. The van der Waals surface area contributed by atoms with Crippen LogP contribution in [0.5, 0.6) is 11.5 Å². The number of likely N-dealkylation sites (tertiary alicyclic amines) is 1. The zero-order valence-electron chi connectivity index (χ0n) is 20.4. The number of carboxylic acids is 1. The fourth-order valence-electron chi connectivity index (χ4n) is 4.87. The summed E-state index contributed by atoms with van der Waals surface area (Å²) in [4.78, 5) is 18.7. The summed E-state index contributed by atoms with van der Waals surface area (Å²) in [7, 11) is 1.55. The number of aliphatic hydroxyl groups excluding tert-OH is 1. The zero-order valence-corrected chi connectivity index (χ0v) is 21.2. The van der Waals surface area contributed by atoms with Crippen LogP contribution < -0.4 is 9.47 Å². The number of carbonyl (C=O) groups is 1. The molecule has 0 spiro atoms. The highest BCUT2D eigenvalue weighted by Crippen LogP contribution is 2.41. The monoisotopic (exact) mass is 534 g/mol. The first kappa shape index (κ1) is 27.0. The number of pyridine rings is 1. The molecule has 2 N–H and O–H groups in total. The Morgan fingerprint density at radius 3 is 2.51 bits per heavy atom. The van der Waals surface area contributed by atoms with E-state index in [1.165, 1.54) is 6.20 Å². The molecule has 37 heavy (non-hydrogen) atoms. The summed E-state index contributed by atoms with van der Waals surface area (Å²) in [6.45, 7) is 1.77. The summed E-state index contributed by atoms with van der Waals surface area (Å²) in [5.41, 5.74) is 0.190. The fourth-order valence-corrected chi connectivity index (χ4v) is 5.15. The van der Waals surface area contributed by atoms with Gasteiger partial charge in [0.15, 0.2) is 0 Å². The number of aromatic nitrogens is 1. The van der Waals surface area contributed by atoms with Gasteiger partial charge < -0.3 is 19.7 Å². The van der Waals surface area contributed by atoms with Crippen molar-refractivity contribution in [1.29, 1.82) is 0 Å². The standard InChI is InChI=1S/C27H29ClF2N2O5/c1-36-19-2-3-23-21(15-19)25(22(28)16-31-23)24(33)4-5-27(26(34)35)6-8-32(9-7-27)10-11-37-20-13-17(29)12-18(30)14-20/h2-3,12-16,24,33H,4-11H2,1H3,(H,34,35)/t24-/m1/s1. The lowest BCUT2D eigenvalue weighted by Crippen LogP contribution is -2.45. The smallest absolute Gasteiger partial charge is 0.309 e. The number of aliphatic carboxylic acids is 1. The van der Waals surface area contributed by atoms with Crippen LogP contribution in [0.3, 0.4) is 0 Å². The molecule has 0 saturated carbocycles. The van der Waals surface area contributed by atoms with Gasteiger partial charge in [-0.25, -0.2) is 8.78 Å². The molecule has 1 atom stereocenters. The van der Waals surface area contributed by atoms with Crippen molar-refractivity contribution in [2.45, 2.75) is 31.8 Å². The molecule has 1 aliphatic heterocycles. The first-order valence-electron chi connectivity index (χ1n) is 12.1. The van der Waals surface area contributed by atoms with E-state index in [-0.39, 0.29) is 25.2 Å². The molecule has 198 valence electrons. The maximum Gasteiger partial charge on any atom is 0.309 e. The molecular weight excluding hydrogens is 506 g/mol. The first-order chi connectivity index (χ1) is 17.7. The lowest BCUT2D eigenvalue weighted by molar-refractivity contribution is -0.153. The molecule has 1 fully saturated rings. The Kier molecular flexibility index (Phi) is 8.46. The highest BCUT2D eigenvalue weighted by molar-refractivity contribution is 6.32. The van der Waals surface area contributed by atoms with Crippen molar-refractivity contribution in [2.24, 2.45) is 5.41 Å². The van der Waals surface area contributed by atoms with Crippen LogP contribution in [-0.4, -0.2) is 59.4 Å². The minimum Gasteiger partial charge on any atom is -0.497 e. The van der Waals surface area contributed by atoms with Gasteiger partial charge in [0.05, 0.1) is 29.2 Å². The molecule has 1 saturated heterocycles. The normalized spacial score (nSPS) is 16.5. The van der Waals surface area contributed by atoms with Crippen molar-refractivity contribution in [3.05, 3.63) is 64.8 Å². The van der Waals surface area contributed by atoms with Crippen LogP contribution >= 0.6 is 11.6 Å². The van der Waals surface area contributed by atoms with Gasteiger partial charge in [0, 0.05) is 41.9 Å². The van der Waals surface area contributed by atoms with Crippen LogP contribution in [-0.2, 0) is 4.79 Å². The molecule has 0 bridgehead atoms. The summed E-state index contributed by atoms with van der Waals surface area (Å²) in [5.74, 6) is -1.59. The van der Waals surface area contributed by atoms with Gasteiger partial charge in [0.25, 0.3) is 0 Å². The number of ether oxygens (including phenoxy) is 2. The molecule has 0 radical (unpaired) electrons. The minimum absolute atomic E-state index is 0.114. The third kappa shape index (κ3) is 6.29. The maximum atomic E-state index is 13.3. The Bertz CT molecular complexity index is 1250.